The van der Waals surface area contributed by atoms with Crippen LogP contribution >= 0.6 is 11.8 Å². The van der Waals surface area contributed by atoms with E-state index in [1.165, 1.54) is 24.6 Å². The van der Waals surface area contributed by atoms with Crippen LogP contribution in [0.4, 0.5) is 5.69 Å². The molecular weight excluding hydrogens is 396 g/mol. The van der Waals surface area contributed by atoms with Gasteiger partial charge in [-0.2, -0.15) is 0 Å². The lowest BCUT2D eigenvalue weighted by molar-refractivity contribution is -0.127. The van der Waals surface area contributed by atoms with Crippen molar-refractivity contribution in [1.82, 2.24) is 10.3 Å². The Morgan fingerprint density at radius 2 is 1.83 bits per heavy atom. The van der Waals surface area contributed by atoms with E-state index < -0.39 is 6.04 Å². The summed E-state index contributed by atoms with van der Waals surface area (Å²) in [6.45, 7) is 2.05. The Labute approximate surface area is 181 Å². The molecular formula is C23H26N4O2S. The van der Waals surface area contributed by atoms with Gasteiger partial charge in [-0.3, -0.25) is 9.80 Å². The number of nitrogens with zero attached hydrogens (tertiary/aromatic N) is 2. The Morgan fingerprint density at radius 3 is 2.63 bits per heavy atom. The molecule has 2 atom stereocenters. The fourth-order valence-electron chi connectivity index (χ4n) is 4.47. The summed E-state index contributed by atoms with van der Waals surface area (Å²) in [6, 6.07) is 15.6. The number of benzene rings is 2. The van der Waals surface area contributed by atoms with Crippen LogP contribution in [0.2, 0.25) is 0 Å². The SMILES string of the molecule is CCSC1=NN2[C@@H](c3ccccc3OC3CCCC3)Nc3ccccc3[C@@H]2C(=O)N1. The van der Waals surface area contributed by atoms with Crippen molar-refractivity contribution in [3.05, 3.63) is 59.7 Å². The molecule has 156 valence electrons. The molecule has 0 radical (unpaired) electrons. The van der Waals surface area contributed by atoms with Crippen LogP contribution < -0.4 is 15.4 Å². The van der Waals surface area contributed by atoms with Crippen LogP contribution in [0.1, 0.15) is 55.9 Å². The van der Waals surface area contributed by atoms with Crippen molar-refractivity contribution in [3.63, 3.8) is 0 Å². The molecule has 1 fully saturated rings. The van der Waals surface area contributed by atoms with E-state index in [0.29, 0.717) is 5.17 Å². The first-order chi connectivity index (χ1) is 14.7. The van der Waals surface area contributed by atoms with E-state index >= 15 is 0 Å². The molecule has 2 N–H and O–H groups in total. The molecule has 30 heavy (non-hydrogen) atoms. The number of nitrogens with one attached hydrogen (secondary N) is 2. The average molecular weight is 423 g/mol. The van der Waals surface area contributed by atoms with Crippen molar-refractivity contribution in [3.8, 4) is 5.75 Å². The van der Waals surface area contributed by atoms with Gasteiger partial charge in [0.2, 0.25) is 0 Å². The summed E-state index contributed by atoms with van der Waals surface area (Å²) in [5, 5.41) is 14.0. The van der Waals surface area contributed by atoms with E-state index in [9.17, 15) is 4.79 Å². The zero-order valence-corrected chi connectivity index (χ0v) is 17.8. The van der Waals surface area contributed by atoms with Gasteiger partial charge in [-0.15, -0.1) is 5.10 Å². The van der Waals surface area contributed by atoms with Crippen molar-refractivity contribution in [2.45, 2.75) is 50.9 Å². The van der Waals surface area contributed by atoms with Gasteiger partial charge in [0, 0.05) is 16.8 Å². The fourth-order valence-corrected chi connectivity index (χ4v) is 5.07. The van der Waals surface area contributed by atoms with Crippen molar-refractivity contribution in [2.24, 2.45) is 5.10 Å². The van der Waals surface area contributed by atoms with Crippen molar-refractivity contribution >= 4 is 28.5 Å². The largest absolute Gasteiger partial charge is 0.490 e. The third kappa shape index (κ3) is 3.51. The van der Waals surface area contributed by atoms with Gasteiger partial charge in [-0.1, -0.05) is 55.1 Å². The van der Waals surface area contributed by atoms with Gasteiger partial charge < -0.3 is 15.4 Å². The molecule has 2 heterocycles. The molecule has 0 aromatic heterocycles. The maximum Gasteiger partial charge on any atom is 0.255 e. The number of para-hydroxylation sites is 2. The van der Waals surface area contributed by atoms with E-state index in [1.807, 2.05) is 47.5 Å². The number of fused-ring (bicyclic) bond motifs is 3. The molecule has 0 saturated heterocycles. The van der Waals surface area contributed by atoms with E-state index in [-0.39, 0.29) is 18.2 Å². The second-order valence-electron chi connectivity index (χ2n) is 7.81. The highest BCUT2D eigenvalue weighted by atomic mass is 32.2. The molecule has 2 aromatic carbocycles. The lowest BCUT2D eigenvalue weighted by atomic mass is 9.97. The summed E-state index contributed by atoms with van der Waals surface area (Å²) in [7, 11) is 0. The predicted molar refractivity (Wildman–Crippen MR) is 120 cm³/mol. The minimum absolute atomic E-state index is 0.0471. The van der Waals surface area contributed by atoms with Crippen LogP contribution in [0.5, 0.6) is 5.75 Å². The zero-order valence-electron chi connectivity index (χ0n) is 17.0. The smallest absolute Gasteiger partial charge is 0.255 e. The fraction of sp³-hybridized carbons (Fsp3) is 0.391. The molecule has 2 aliphatic heterocycles. The van der Waals surface area contributed by atoms with Gasteiger partial charge in [0.15, 0.2) is 11.2 Å². The number of rotatable bonds is 4. The topological polar surface area (TPSA) is 66.0 Å². The first-order valence-electron chi connectivity index (χ1n) is 10.7. The average Bonchev–Trinajstić information content (AvgIpc) is 3.27. The standard InChI is InChI=1S/C23H26N4O2S/c1-2-30-23-25-22(28)20-16-11-5-7-13-18(16)24-21(27(20)26-23)17-12-6-8-14-19(17)29-15-9-3-4-10-15/h5-8,11-15,20-21,24H,2-4,9-10H2,1H3,(H,25,26,28)/t20-,21+/m1/s1. The van der Waals surface area contributed by atoms with Gasteiger partial charge in [0.25, 0.3) is 5.91 Å². The number of hydrazone groups is 1. The molecule has 2 aromatic rings. The quantitative estimate of drug-likeness (QED) is 0.752. The molecule has 7 heteroatoms. The number of carbonyl (C=O) groups is 1. The summed E-state index contributed by atoms with van der Waals surface area (Å²) in [5.74, 6) is 1.66. The Morgan fingerprint density at radius 1 is 1.10 bits per heavy atom. The normalized spacial score (nSPS) is 23.2. The van der Waals surface area contributed by atoms with Crippen LogP contribution in [0.25, 0.3) is 0 Å². The highest BCUT2D eigenvalue weighted by Gasteiger charge is 2.42. The van der Waals surface area contributed by atoms with Crippen molar-refractivity contribution in [2.75, 3.05) is 11.1 Å². The lowest BCUT2D eigenvalue weighted by Crippen LogP contribution is -2.51. The van der Waals surface area contributed by atoms with Crippen LogP contribution in [0.3, 0.4) is 0 Å². The van der Waals surface area contributed by atoms with Gasteiger partial charge in [0.1, 0.15) is 11.9 Å². The number of amides is 1. The first-order valence-corrected chi connectivity index (χ1v) is 11.6. The highest BCUT2D eigenvalue weighted by molar-refractivity contribution is 8.13. The lowest BCUT2D eigenvalue weighted by Gasteiger charge is -2.44. The van der Waals surface area contributed by atoms with Crippen molar-refractivity contribution in [1.29, 1.82) is 0 Å². The number of anilines is 1. The Bertz CT molecular complexity index is 973. The van der Waals surface area contributed by atoms with E-state index in [0.717, 1.165) is 41.2 Å². The summed E-state index contributed by atoms with van der Waals surface area (Å²) in [6.07, 6.45) is 4.60. The van der Waals surface area contributed by atoms with Gasteiger partial charge >= 0.3 is 0 Å². The molecule has 1 amide bonds. The number of ether oxygens (including phenoxy) is 1. The molecule has 0 unspecified atom stereocenters. The monoisotopic (exact) mass is 422 g/mol. The zero-order chi connectivity index (χ0) is 20.5. The minimum atomic E-state index is -0.479. The number of hydrogen-bond donors (Lipinski definition) is 2. The molecule has 0 bridgehead atoms. The Hall–Kier alpha value is -2.67. The third-order valence-corrected chi connectivity index (χ3v) is 6.60. The van der Waals surface area contributed by atoms with E-state index in [4.69, 9.17) is 9.84 Å². The molecule has 5 rings (SSSR count). The van der Waals surface area contributed by atoms with E-state index in [2.05, 4.69) is 23.6 Å². The third-order valence-electron chi connectivity index (χ3n) is 5.85. The Balaban J connectivity index is 1.57. The summed E-state index contributed by atoms with van der Waals surface area (Å²) < 4.78 is 6.41. The van der Waals surface area contributed by atoms with Gasteiger partial charge in [0.05, 0.1) is 6.10 Å². The number of thioether (sulfide) groups is 1. The molecule has 3 aliphatic rings. The molecule has 6 nitrogen and oxygen atoms in total. The van der Waals surface area contributed by atoms with E-state index in [1.54, 1.807) is 0 Å². The predicted octanol–water partition coefficient (Wildman–Crippen LogP) is 4.63. The number of hydrogen-bond acceptors (Lipinski definition) is 6. The number of carbonyl (C=O) groups excluding carboxylic acids is 1. The minimum Gasteiger partial charge on any atom is -0.490 e. The first kappa shape index (κ1) is 19.3. The number of amidine groups is 1. The molecule has 0 spiro atoms. The van der Waals surface area contributed by atoms with Crippen LogP contribution in [-0.4, -0.2) is 27.9 Å². The highest BCUT2D eigenvalue weighted by Crippen LogP contribution is 2.44. The summed E-state index contributed by atoms with van der Waals surface area (Å²) in [4.78, 5) is 13.1. The van der Waals surface area contributed by atoms with Gasteiger partial charge in [-0.25, -0.2) is 0 Å². The Kier molecular flexibility index (Phi) is 5.29. The van der Waals surface area contributed by atoms with Crippen molar-refractivity contribution < 1.29 is 9.53 Å². The van der Waals surface area contributed by atoms with Crippen LogP contribution in [0, 0.1) is 0 Å². The second kappa shape index (κ2) is 8.22. The molecule has 1 saturated carbocycles. The summed E-state index contributed by atoms with van der Waals surface area (Å²) >= 11 is 1.54. The van der Waals surface area contributed by atoms with Gasteiger partial charge in [-0.05, 0) is 43.6 Å². The van der Waals surface area contributed by atoms with Crippen LogP contribution in [-0.2, 0) is 4.79 Å². The maximum absolute atomic E-state index is 13.1. The maximum atomic E-state index is 13.1. The van der Waals surface area contributed by atoms with Crippen LogP contribution in [0.15, 0.2) is 53.6 Å². The molecule has 1 aliphatic carbocycles. The summed E-state index contributed by atoms with van der Waals surface area (Å²) in [5.41, 5.74) is 2.89. The second-order valence-corrected chi connectivity index (χ2v) is 9.06.